The van der Waals surface area contributed by atoms with Crippen LogP contribution >= 0.6 is 11.8 Å². The number of thioether (sulfide) groups is 1. The number of carbonyl (C=O) groups is 2. The second kappa shape index (κ2) is 7.67. The average Bonchev–Trinajstić information content (AvgIpc) is 2.23. The van der Waals surface area contributed by atoms with Crippen molar-refractivity contribution in [1.29, 1.82) is 0 Å². The maximum atomic E-state index is 11.6. The molecule has 1 atom stereocenters. The molecule has 18 heavy (non-hydrogen) atoms. The molecule has 0 aliphatic heterocycles. The Morgan fingerprint density at radius 1 is 1.22 bits per heavy atom. The molecule has 1 unspecified atom stereocenters. The van der Waals surface area contributed by atoms with Crippen molar-refractivity contribution in [1.82, 2.24) is 5.32 Å². The number of hydrogen-bond donors (Lipinski definition) is 2. The zero-order chi connectivity index (χ0) is 14.3. The Morgan fingerprint density at radius 2 is 1.78 bits per heavy atom. The lowest BCUT2D eigenvalue weighted by Crippen LogP contribution is -2.36. The largest absolute Gasteiger partial charge is 0.480 e. The van der Waals surface area contributed by atoms with Gasteiger partial charge in [0, 0.05) is 6.04 Å². The number of carboxylic acid groups (broad SMARTS) is 1. The molecule has 1 amide bonds. The van der Waals surface area contributed by atoms with Gasteiger partial charge in [-0.2, -0.15) is 0 Å². The van der Waals surface area contributed by atoms with E-state index in [4.69, 9.17) is 5.11 Å². The lowest BCUT2D eigenvalue weighted by molar-refractivity contribution is -0.138. The van der Waals surface area contributed by atoms with Gasteiger partial charge in [-0.15, -0.1) is 11.8 Å². The van der Waals surface area contributed by atoms with Crippen molar-refractivity contribution >= 4 is 23.6 Å². The third-order valence-electron chi connectivity index (χ3n) is 2.66. The van der Waals surface area contributed by atoms with Gasteiger partial charge >= 0.3 is 5.97 Å². The van der Waals surface area contributed by atoms with Gasteiger partial charge in [-0.3, -0.25) is 9.59 Å². The molecule has 0 aromatic carbocycles. The molecule has 2 N–H and O–H groups in total. The summed E-state index contributed by atoms with van der Waals surface area (Å²) in [6.45, 7) is 9.50. The third kappa shape index (κ3) is 7.58. The van der Waals surface area contributed by atoms with E-state index in [-0.39, 0.29) is 17.7 Å². The minimum Gasteiger partial charge on any atom is -0.480 e. The Hall–Kier alpha value is -0.710. The maximum Gasteiger partial charge on any atom is 0.319 e. The summed E-state index contributed by atoms with van der Waals surface area (Å²) >= 11 is 1.15. The highest BCUT2D eigenvalue weighted by Crippen LogP contribution is 2.24. The van der Waals surface area contributed by atoms with Crippen molar-refractivity contribution in [3.8, 4) is 0 Å². The predicted molar refractivity (Wildman–Crippen MR) is 75.8 cm³/mol. The van der Waals surface area contributed by atoms with Gasteiger partial charge in [-0.25, -0.2) is 0 Å². The molecule has 0 aromatic heterocycles. The van der Waals surface area contributed by atoms with Gasteiger partial charge < -0.3 is 10.4 Å². The van der Waals surface area contributed by atoms with Gasteiger partial charge in [0.05, 0.1) is 5.75 Å². The molecule has 4 nitrogen and oxygen atoms in total. The second-order valence-corrected chi connectivity index (χ2v) is 7.14. The first kappa shape index (κ1) is 17.3. The van der Waals surface area contributed by atoms with Crippen LogP contribution in [-0.4, -0.2) is 33.5 Å². The van der Waals surface area contributed by atoms with E-state index in [9.17, 15) is 9.59 Å². The van der Waals surface area contributed by atoms with E-state index in [1.54, 1.807) is 13.8 Å². The van der Waals surface area contributed by atoms with Gasteiger partial charge in [0.25, 0.3) is 0 Å². The van der Waals surface area contributed by atoms with E-state index < -0.39 is 10.7 Å². The molecule has 0 aromatic rings. The van der Waals surface area contributed by atoms with Crippen molar-refractivity contribution in [2.24, 2.45) is 5.92 Å². The number of carboxylic acids is 1. The number of aliphatic carboxylic acids is 1. The number of hydrogen-bond acceptors (Lipinski definition) is 3. The fourth-order valence-electron chi connectivity index (χ4n) is 1.28. The SMILES string of the molecule is CC(C)CCC(C)NC(=O)CSC(C)(C)C(=O)O. The minimum absolute atomic E-state index is 0.0921. The number of nitrogens with one attached hydrogen (secondary N) is 1. The van der Waals surface area contributed by atoms with Crippen molar-refractivity contribution in [2.75, 3.05) is 5.75 Å². The highest BCUT2D eigenvalue weighted by Gasteiger charge is 2.28. The normalized spacial score (nSPS) is 13.4. The fraction of sp³-hybridized carbons (Fsp3) is 0.846. The van der Waals surface area contributed by atoms with Crippen LogP contribution in [-0.2, 0) is 9.59 Å². The van der Waals surface area contributed by atoms with Crippen LogP contribution < -0.4 is 5.32 Å². The second-order valence-electron chi connectivity index (χ2n) is 5.54. The smallest absolute Gasteiger partial charge is 0.319 e. The Balaban J connectivity index is 3.94. The van der Waals surface area contributed by atoms with Crippen molar-refractivity contribution in [2.45, 2.75) is 58.2 Å². The van der Waals surface area contributed by atoms with Gasteiger partial charge in [0.15, 0.2) is 0 Å². The highest BCUT2D eigenvalue weighted by molar-refractivity contribution is 8.01. The lowest BCUT2D eigenvalue weighted by Gasteiger charge is -2.19. The predicted octanol–water partition coefficient (Wildman–Crippen LogP) is 2.52. The van der Waals surface area contributed by atoms with Crippen LogP contribution in [0.3, 0.4) is 0 Å². The van der Waals surface area contributed by atoms with Crippen LogP contribution in [0.4, 0.5) is 0 Å². The van der Waals surface area contributed by atoms with Crippen molar-refractivity contribution < 1.29 is 14.7 Å². The minimum atomic E-state index is -0.918. The van der Waals surface area contributed by atoms with Gasteiger partial charge in [-0.05, 0) is 39.5 Å². The highest BCUT2D eigenvalue weighted by atomic mass is 32.2. The van der Waals surface area contributed by atoms with Crippen LogP contribution in [0.15, 0.2) is 0 Å². The van der Waals surface area contributed by atoms with Crippen LogP contribution in [0.1, 0.15) is 47.5 Å². The first-order valence-electron chi connectivity index (χ1n) is 6.32. The van der Waals surface area contributed by atoms with Gasteiger partial charge in [0.1, 0.15) is 4.75 Å². The first-order valence-corrected chi connectivity index (χ1v) is 7.30. The Kier molecular flexibility index (Phi) is 7.36. The first-order chi connectivity index (χ1) is 8.15. The van der Waals surface area contributed by atoms with Crippen molar-refractivity contribution in [3.63, 3.8) is 0 Å². The van der Waals surface area contributed by atoms with Gasteiger partial charge in [0.2, 0.25) is 5.91 Å². The molecule has 0 heterocycles. The van der Waals surface area contributed by atoms with E-state index in [2.05, 4.69) is 19.2 Å². The molecule has 5 heteroatoms. The molecule has 0 saturated heterocycles. The van der Waals surface area contributed by atoms with Crippen LogP contribution in [0.25, 0.3) is 0 Å². The third-order valence-corrected chi connectivity index (χ3v) is 3.97. The van der Waals surface area contributed by atoms with E-state index in [1.807, 2.05) is 6.92 Å². The number of rotatable bonds is 8. The fourth-order valence-corrected chi connectivity index (χ4v) is 1.98. The molecule has 106 valence electrons. The molecule has 0 radical (unpaired) electrons. The molecule has 0 fully saturated rings. The molecular formula is C13H25NO3S. The standard InChI is InChI=1S/C13H25NO3S/c1-9(2)6-7-10(3)14-11(15)8-18-13(4,5)12(16)17/h9-10H,6-8H2,1-5H3,(H,14,15)(H,16,17). The summed E-state index contributed by atoms with van der Waals surface area (Å²) in [6, 6.07) is 0.147. The average molecular weight is 275 g/mol. The van der Waals surface area contributed by atoms with E-state index in [1.165, 1.54) is 0 Å². The monoisotopic (exact) mass is 275 g/mol. The topological polar surface area (TPSA) is 66.4 Å². The summed E-state index contributed by atoms with van der Waals surface area (Å²) in [5.41, 5.74) is 0. The van der Waals surface area contributed by atoms with Crippen molar-refractivity contribution in [3.05, 3.63) is 0 Å². The summed E-state index contributed by atoms with van der Waals surface area (Å²) in [4.78, 5) is 22.5. The lowest BCUT2D eigenvalue weighted by atomic mass is 10.0. The van der Waals surface area contributed by atoms with Crippen LogP contribution in [0.2, 0.25) is 0 Å². The summed E-state index contributed by atoms with van der Waals surface area (Å²) in [5, 5.41) is 11.8. The summed E-state index contributed by atoms with van der Waals surface area (Å²) in [5.74, 6) is -0.172. The summed E-state index contributed by atoms with van der Waals surface area (Å²) in [7, 11) is 0. The zero-order valence-corrected chi connectivity index (χ0v) is 12.8. The molecule has 0 saturated carbocycles. The number of carbonyl (C=O) groups excluding carboxylic acids is 1. The molecule has 0 spiro atoms. The van der Waals surface area contributed by atoms with Crippen LogP contribution in [0, 0.1) is 5.92 Å². The quantitative estimate of drug-likeness (QED) is 0.714. The molecule has 0 bridgehead atoms. The van der Waals surface area contributed by atoms with E-state index in [0.29, 0.717) is 5.92 Å². The van der Waals surface area contributed by atoms with Crippen LogP contribution in [0.5, 0.6) is 0 Å². The van der Waals surface area contributed by atoms with Gasteiger partial charge in [-0.1, -0.05) is 13.8 Å². The Bertz CT molecular complexity index is 290. The Morgan fingerprint density at radius 3 is 2.22 bits per heavy atom. The zero-order valence-electron chi connectivity index (χ0n) is 11.9. The summed E-state index contributed by atoms with van der Waals surface area (Å²) < 4.78 is -0.918. The number of amides is 1. The maximum absolute atomic E-state index is 11.6. The molecule has 0 aliphatic carbocycles. The molecular weight excluding hydrogens is 250 g/mol. The molecule has 0 aliphatic rings. The summed E-state index contributed by atoms with van der Waals surface area (Å²) in [6.07, 6.45) is 2.03. The molecule has 0 rings (SSSR count). The Labute approximate surface area is 114 Å². The van der Waals surface area contributed by atoms with E-state index in [0.717, 1.165) is 24.6 Å². The van der Waals surface area contributed by atoms with E-state index >= 15 is 0 Å².